The molecule has 1 fully saturated rings. The summed E-state index contributed by atoms with van der Waals surface area (Å²) >= 11 is 5.47. The van der Waals surface area contributed by atoms with E-state index in [1.54, 1.807) is 0 Å². The third-order valence-corrected chi connectivity index (χ3v) is 2.53. The summed E-state index contributed by atoms with van der Waals surface area (Å²) in [6.07, 6.45) is 0.490. The molecule has 1 saturated heterocycles. The van der Waals surface area contributed by atoms with Crippen LogP contribution in [-0.2, 0) is 14.3 Å². The van der Waals surface area contributed by atoms with Crippen LogP contribution in [0.1, 0.15) is 12.8 Å². The first-order chi connectivity index (χ1) is 7.38. The first-order valence-corrected chi connectivity index (χ1v) is 5.05. The lowest BCUT2D eigenvalue weighted by Crippen LogP contribution is -2.51. The highest BCUT2D eigenvalue weighted by Gasteiger charge is 2.53. The Morgan fingerprint density at radius 3 is 2.56 bits per heavy atom. The van der Waals surface area contributed by atoms with Gasteiger partial charge in [0, 0.05) is 6.54 Å². The Hall–Kier alpha value is -1.34. The van der Waals surface area contributed by atoms with E-state index >= 15 is 0 Å². The van der Waals surface area contributed by atoms with Gasteiger partial charge in [0.2, 0.25) is 11.3 Å². The standard InChI is InChI=1S/C8H13ClN4O3/c9-5-4(14)8(12,6(15)16-5)2-1-3-13-7(10)11/h5H,1-3,12H2,(H4,10,11,13)/t5?,8-/m1/s1. The molecule has 0 aromatic heterocycles. The molecule has 1 heterocycles. The minimum atomic E-state index is -1.66. The Morgan fingerprint density at radius 2 is 2.12 bits per heavy atom. The summed E-state index contributed by atoms with van der Waals surface area (Å²) in [5.74, 6) is -1.48. The van der Waals surface area contributed by atoms with Gasteiger partial charge >= 0.3 is 5.97 Å². The SMILES string of the molecule is NC(N)=NCCC[C@]1(N)C(=O)OC(Cl)C1=O. The molecule has 1 rings (SSSR count). The molecule has 0 aromatic rings. The van der Waals surface area contributed by atoms with Crippen molar-refractivity contribution in [2.75, 3.05) is 6.54 Å². The average molecular weight is 249 g/mol. The zero-order valence-corrected chi connectivity index (χ0v) is 9.24. The molecule has 0 saturated carbocycles. The predicted molar refractivity (Wildman–Crippen MR) is 57.6 cm³/mol. The van der Waals surface area contributed by atoms with Crippen molar-refractivity contribution in [2.24, 2.45) is 22.2 Å². The van der Waals surface area contributed by atoms with Gasteiger partial charge in [-0.1, -0.05) is 11.6 Å². The quantitative estimate of drug-likeness (QED) is 0.137. The van der Waals surface area contributed by atoms with Gasteiger partial charge in [-0.15, -0.1) is 0 Å². The van der Waals surface area contributed by atoms with Gasteiger partial charge in [0.1, 0.15) is 0 Å². The minimum Gasteiger partial charge on any atom is -0.436 e. The fourth-order valence-electron chi connectivity index (χ4n) is 1.35. The van der Waals surface area contributed by atoms with E-state index in [-0.39, 0.29) is 18.9 Å². The van der Waals surface area contributed by atoms with Crippen molar-refractivity contribution in [2.45, 2.75) is 23.9 Å². The Balaban J connectivity index is 2.55. The molecule has 16 heavy (non-hydrogen) atoms. The highest BCUT2D eigenvalue weighted by molar-refractivity contribution is 6.36. The Bertz CT molecular complexity index is 342. The zero-order valence-electron chi connectivity index (χ0n) is 8.48. The Kier molecular flexibility index (Phi) is 3.71. The lowest BCUT2D eigenvalue weighted by molar-refractivity contribution is -0.143. The van der Waals surface area contributed by atoms with E-state index in [1.165, 1.54) is 0 Å². The van der Waals surface area contributed by atoms with Gasteiger partial charge in [0.25, 0.3) is 0 Å². The van der Waals surface area contributed by atoms with Crippen LogP contribution in [-0.4, -0.2) is 35.4 Å². The van der Waals surface area contributed by atoms with Gasteiger partial charge in [-0.3, -0.25) is 9.79 Å². The van der Waals surface area contributed by atoms with Gasteiger partial charge in [-0.05, 0) is 12.8 Å². The van der Waals surface area contributed by atoms with Crippen molar-refractivity contribution in [3.8, 4) is 0 Å². The van der Waals surface area contributed by atoms with E-state index in [0.29, 0.717) is 6.42 Å². The molecular formula is C8H13ClN4O3. The van der Waals surface area contributed by atoms with Crippen LogP contribution in [0.25, 0.3) is 0 Å². The van der Waals surface area contributed by atoms with Crippen molar-refractivity contribution >= 4 is 29.3 Å². The van der Waals surface area contributed by atoms with Crippen LogP contribution < -0.4 is 17.2 Å². The van der Waals surface area contributed by atoms with Gasteiger partial charge in [0.15, 0.2) is 11.5 Å². The number of ether oxygens (including phenoxy) is 1. The number of aliphatic imine (C=N–C) groups is 1. The van der Waals surface area contributed by atoms with Crippen molar-refractivity contribution in [3.05, 3.63) is 0 Å². The number of Topliss-reactive ketones (excluding diaryl/α,β-unsaturated/α-hetero) is 1. The summed E-state index contributed by atoms with van der Waals surface area (Å²) in [5.41, 5.74) is 12.9. The number of halogens is 1. The minimum absolute atomic E-state index is 0.0541. The molecule has 8 heteroatoms. The van der Waals surface area contributed by atoms with Crippen molar-refractivity contribution in [1.29, 1.82) is 0 Å². The van der Waals surface area contributed by atoms with E-state index < -0.39 is 22.9 Å². The van der Waals surface area contributed by atoms with Gasteiger partial charge in [-0.25, -0.2) is 4.79 Å². The maximum Gasteiger partial charge on any atom is 0.336 e. The maximum absolute atomic E-state index is 11.5. The third-order valence-electron chi connectivity index (χ3n) is 2.24. The van der Waals surface area contributed by atoms with Crippen molar-refractivity contribution in [3.63, 3.8) is 0 Å². The second kappa shape index (κ2) is 4.67. The second-order valence-electron chi connectivity index (χ2n) is 3.47. The predicted octanol–water partition coefficient (Wildman–Crippen LogP) is -1.57. The number of guanidine groups is 1. The highest BCUT2D eigenvalue weighted by atomic mass is 35.5. The molecule has 0 spiro atoms. The number of alkyl halides is 1. The summed E-state index contributed by atoms with van der Waals surface area (Å²) in [7, 11) is 0. The molecule has 0 radical (unpaired) electrons. The number of esters is 1. The summed E-state index contributed by atoms with van der Waals surface area (Å²) in [6.45, 7) is 0.287. The number of carbonyl (C=O) groups is 2. The van der Waals surface area contributed by atoms with Crippen LogP contribution >= 0.6 is 11.6 Å². The molecule has 7 nitrogen and oxygen atoms in total. The smallest absolute Gasteiger partial charge is 0.336 e. The van der Waals surface area contributed by atoms with E-state index in [4.69, 9.17) is 28.8 Å². The zero-order chi connectivity index (χ0) is 12.3. The number of cyclic esters (lactones) is 1. The molecule has 1 unspecified atom stereocenters. The summed E-state index contributed by atoms with van der Waals surface area (Å²) in [5, 5.41) is 0. The lowest BCUT2D eigenvalue weighted by atomic mass is 9.92. The number of rotatable bonds is 4. The number of hydrogen-bond acceptors (Lipinski definition) is 5. The topological polar surface area (TPSA) is 134 Å². The van der Waals surface area contributed by atoms with Crippen LogP contribution in [0.15, 0.2) is 4.99 Å². The number of nitrogens with zero attached hydrogens (tertiary/aromatic N) is 1. The fraction of sp³-hybridized carbons (Fsp3) is 0.625. The summed E-state index contributed by atoms with van der Waals surface area (Å²) in [6, 6.07) is 0. The molecule has 2 atom stereocenters. The molecule has 1 aliphatic rings. The van der Waals surface area contributed by atoms with Crippen LogP contribution in [0.4, 0.5) is 0 Å². The first-order valence-electron chi connectivity index (χ1n) is 4.61. The first kappa shape index (κ1) is 12.7. The van der Waals surface area contributed by atoms with Gasteiger partial charge in [-0.2, -0.15) is 0 Å². The van der Waals surface area contributed by atoms with Crippen LogP contribution in [0.2, 0.25) is 0 Å². The molecule has 90 valence electrons. The normalized spacial score (nSPS) is 29.0. The van der Waals surface area contributed by atoms with Gasteiger partial charge < -0.3 is 21.9 Å². The highest BCUT2D eigenvalue weighted by Crippen LogP contribution is 2.26. The molecule has 1 aliphatic heterocycles. The van der Waals surface area contributed by atoms with E-state index in [0.717, 1.165) is 0 Å². The van der Waals surface area contributed by atoms with Crippen LogP contribution in [0.5, 0.6) is 0 Å². The Morgan fingerprint density at radius 1 is 1.50 bits per heavy atom. The number of hydrogen-bond donors (Lipinski definition) is 3. The second-order valence-corrected chi connectivity index (χ2v) is 3.86. The molecule has 0 amide bonds. The molecule has 0 aliphatic carbocycles. The summed E-state index contributed by atoms with van der Waals surface area (Å²) in [4.78, 5) is 26.5. The van der Waals surface area contributed by atoms with Gasteiger partial charge in [0.05, 0.1) is 0 Å². The van der Waals surface area contributed by atoms with E-state index in [1.807, 2.05) is 0 Å². The molecular weight excluding hydrogens is 236 g/mol. The molecule has 0 aromatic carbocycles. The fourth-order valence-corrected chi connectivity index (χ4v) is 1.62. The van der Waals surface area contributed by atoms with Crippen LogP contribution in [0, 0.1) is 0 Å². The lowest BCUT2D eigenvalue weighted by Gasteiger charge is -2.15. The summed E-state index contributed by atoms with van der Waals surface area (Å²) < 4.78 is 4.53. The average Bonchev–Trinajstić information content (AvgIpc) is 2.38. The number of carbonyl (C=O) groups excluding carboxylic acids is 2. The van der Waals surface area contributed by atoms with Crippen molar-refractivity contribution < 1.29 is 14.3 Å². The van der Waals surface area contributed by atoms with Crippen molar-refractivity contribution in [1.82, 2.24) is 0 Å². The third kappa shape index (κ3) is 2.42. The number of ketones is 1. The van der Waals surface area contributed by atoms with E-state index in [9.17, 15) is 9.59 Å². The molecule has 0 bridgehead atoms. The van der Waals surface area contributed by atoms with Crippen LogP contribution in [0.3, 0.4) is 0 Å². The maximum atomic E-state index is 11.5. The number of nitrogens with two attached hydrogens (primary N) is 3. The molecule has 6 N–H and O–H groups in total. The largest absolute Gasteiger partial charge is 0.436 e. The Labute approximate surface area is 96.9 Å². The monoisotopic (exact) mass is 248 g/mol. The van der Waals surface area contributed by atoms with E-state index in [2.05, 4.69) is 9.73 Å².